The fourth-order valence-corrected chi connectivity index (χ4v) is 1.08. The summed E-state index contributed by atoms with van der Waals surface area (Å²) in [7, 11) is -3.26. The van der Waals surface area contributed by atoms with Crippen LogP contribution in [0.4, 0.5) is 5.69 Å². The normalized spacial score (nSPS) is 10.6. The van der Waals surface area contributed by atoms with Crippen molar-refractivity contribution in [3.8, 4) is 6.07 Å². The number of sulfonamides is 1. The van der Waals surface area contributed by atoms with Crippen molar-refractivity contribution in [3.63, 3.8) is 0 Å². The summed E-state index contributed by atoms with van der Waals surface area (Å²) in [6.45, 7) is 0. The maximum Gasteiger partial charge on any atom is 0.225 e. The fourth-order valence-electron chi connectivity index (χ4n) is 0.780. The second-order valence-corrected chi connectivity index (χ2v) is 4.44. The highest BCUT2D eigenvalue weighted by Crippen LogP contribution is 2.07. The molecule has 0 saturated carbocycles. The third kappa shape index (κ3) is 3.43. The average molecular weight is 211 g/mol. The molecule has 2 N–H and O–H groups in total. The van der Waals surface area contributed by atoms with Crippen LogP contribution in [0.3, 0.4) is 0 Å². The fraction of sp³-hybridized carbons (Fsp3) is 0.125. The lowest BCUT2D eigenvalue weighted by atomic mass is 10.2. The Hall–Kier alpha value is -1.58. The minimum atomic E-state index is -3.26. The largest absolute Gasteiger partial charge is 0.308 e. The van der Waals surface area contributed by atoms with E-state index < -0.39 is 10.0 Å². The van der Waals surface area contributed by atoms with E-state index in [1.165, 1.54) is 0 Å². The van der Waals surface area contributed by atoms with Crippen LogP contribution in [0.2, 0.25) is 0 Å². The molecule has 0 heterocycles. The van der Waals surface area contributed by atoms with Crippen molar-refractivity contribution in [2.75, 3.05) is 11.7 Å². The molecular formula is C8H9N3O2S. The van der Waals surface area contributed by atoms with Gasteiger partial charge in [-0.1, -0.05) is 0 Å². The van der Waals surface area contributed by atoms with Gasteiger partial charge < -0.3 is 5.43 Å². The third-order valence-electron chi connectivity index (χ3n) is 1.39. The molecule has 1 rings (SSSR count). The molecule has 0 radical (unpaired) electrons. The van der Waals surface area contributed by atoms with Crippen molar-refractivity contribution in [2.45, 2.75) is 0 Å². The summed E-state index contributed by atoms with van der Waals surface area (Å²) in [6.07, 6.45) is 1.05. The monoisotopic (exact) mass is 211 g/mol. The zero-order valence-corrected chi connectivity index (χ0v) is 8.30. The zero-order chi connectivity index (χ0) is 10.6. The Morgan fingerprint density at radius 1 is 1.29 bits per heavy atom. The van der Waals surface area contributed by atoms with Gasteiger partial charge in [0.2, 0.25) is 10.0 Å². The molecular weight excluding hydrogens is 202 g/mol. The molecule has 0 aliphatic rings. The first-order chi connectivity index (χ1) is 6.51. The third-order valence-corrected chi connectivity index (χ3v) is 1.87. The SMILES string of the molecule is CS(=O)(=O)NNc1ccc(C#N)cc1. The smallest absolute Gasteiger partial charge is 0.225 e. The van der Waals surface area contributed by atoms with Crippen LogP contribution in [0.5, 0.6) is 0 Å². The van der Waals surface area contributed by atoms with E-state index in [2.05, 4.69) is 10.3 Å². The van der Waals surface area contributed by atoms with Crippen LogP contribution in [-0.2, 0) is 10.0 Å². The Morgan fingerprint density at radius 3 is 2.29 bits per heavy atom. The van der Waals surface area contributed by atoms with Gasteiger partial charge in [-0.15, -0.1) is 4.83 Å². The lowest BCUT2D eigenvalue weighted by molar-refractivity contribution is 0.594. The van der Waals surface area contributed by atoms with E-state index in [1.54, 1.807) is 24.3 Å². The van der Waals surface area contributed by atoms with Crippen molar-refractivity contribution in [2.24, 2.45) is 0 Å². The van der Waals surface area contributed by atoms with Crippen LogP contribution in [0.15, 0.2) is 24.3 Å². The first-order valence-corrected chi connectivity index (χ1v) is 5.63. The molecule has 14 heavy (non-hydrogen) atoms. The van der Waals surface area contributed by atoms with Crippen LogP contribution in [0, 0.1) is 11.3 Å². The molecule has 0 saturated heterocycles. The van der Waals surface area contributed by atoms with Crippen LogP contribution >= 0.6 is 0 Å². The maximum absolute atomic E-state index is 10.7. The van der Waals surface area contributed by atoms with Gasteiger partial charge in [0, 0.05) is 5.69 Å². The van der Waals surface area contributed by atoms with E-state index in [0.717, 1.165) is 6.26 Å². The number of nitrogens with zero attached hydrogens (tertiary/aromatic N) is 1. The van der Waals surface area contributed by atoms with E-state index in [0.29, 0.717) is 11.3 Å². The summed E-state index contributed by atoms with van der Waals surface area (Å²) in [5.41, 5.74) is 3.59. The van der Waals surface area contributed by atoms with E-state index in [1.807, 2.05) is 6.07 Å². The Balaban J connectivity index is 2.67. The summed E-state index contributed by atoms with van der Waals surface area (Å²) in [5.74, 6) is 0. The molecule has 6 heteroatoms. The van der Waals surface area contributed by atoms with Gasteiger partial charge in [0.25, 0.3) is 0 Å². The minimum absolute atomic E-state index is 0.523. The number of anilines is 1. The predicted octanol–water partition coefficient (Wildman–Crippen LogP) is 0.434. The molecule has 0 spiro atoms. The topological polar surface area (TPSA) is 82.0 Å². The van der Waals surface area contributed by atoms with Gasteiger partial charge in [0.05, 0.1) is 17.9 Å². The van der Waals surface area contributed by atoms with Crippen molar-refractivity contribution in [1.29, 1.82) is 5.26 Å². The van der Waals surface area contributed by atoms with Gasteiger partial charge in [0.1, 0.15) is 0 Å². The van der Waals surface area contributed by atoms with Crippen molar-refractivity contribution < 1.29 is 8.42 Å². The molecule has 0 aliphatic carbocycles. The lowest BCUT2D eigenvalue weighted by Crippen LogP contribution is -2.27. The number of nitrogens with one attached hydrogen (secondary N) is 2. The van der Waals surface area contributed by atoms with Gasteiger partial charge in [-0.3, -0.25) is 0 Å². The molecule has 0 aliphatic heterocycles. The molecule has 1 aromatic rings. The predicted molar refractivity (Wildman–Crippen MR) is 52.8 cm³/mol. The maximum atomic E-state index is 10.7. The molecule has 74 valence electrons. The van der Waals surface area contributed by atoms with Crippen LogP contribution in [-0.4, -0.2) is 14.7 Å². The molecule has 0 fully saturated rings. The number of hydrogen-bond acceptors (Lipinski definition) is 4. The number of hydrazine groups is 1. The van der Waals surface area contributed by atoms with Crippen LogP contribution in [0.1, 0.15) is 5.56 Å². The summed E-state index contributed by atoms with van der Waals surface area (Å²) >= 11 is 0. The summed E-state index contributed by atoms with van der Waals surface area (Å²) in [4.78, 5) is 2.11. The molecule has 0 atom stereocenters. The second kappa shape index (κ2) is 4.09. The molecule has 0 bridgehead atoms. The standard InChI is InChI=1S/C8H9N3O2S/c1-14(12,13)11-10-8-4-2-7(6-9)3-5-8/h2-5,10-11H,1H3. The van der Waals surface area contributed by atoms with Gasteiger partial charge in [0.15, 0.2) is 0 Å². The second-order valence-electron chi connectivity index (χ2n) is 2.69. The number of nitriles is 1. The Kier molecular flexibility index (Phi) is 3.06. The highest BCUT2D eigenvalue weighted by molar-refractivity contribution is 7.88. The zero-order valence-electron chi connectivity index (χ0n) is 7.48. The van der Waals surface area contributed by atoms with Crippen molar-refractivity contribution >= 4 is 15.7 Å². The molecule has 0 unspecified atom stereocenters. The minimum Gasteiger partial charge on any atom is -0.308 e. The van der Waals surface area contributed by atoms with E-state index >= 15 is 0 Å². The number of rotatable bonds is 3. The van der Waals surface area contributed by atoms with E-state index in [4.69, 9.17) is 5.26 Å². The van der Waals surface area contributed by atoms with Gasteiger partial charge >= 0.3 is 0 Å². The summed E-state index contributed by atoms with van der Waals surface area (Å²) < 4.78 is 21.4. The first kappa shape index (κ1) is 10.5. The van der Waals surface area contributed by atoms with Crippen molar-refractivity contribution in [3.05, 3.63) is 29.8 Å². The number of hydrogen-bond donors (Lipinski definition) is 2. The highest BCUT2D eigenvalue weighted by atomic mass is 32.2. The number of benzene rings is 1. The summed E-state index contributed by atoms with van der Waals surface area (Å²) in [5, 5.41) is 8.51. The lowest BCUT2D eigenvalue weighted by Gasteiger charge is -2.05. The Labute approximate surface area is 82.4 Å². The molecule has 1 aromatic carbocycles. The highest BCUT2D eigenvalue weighted by Gasteiger charge is 1.98. The Bertz CT molecular complexity index is 444. The summed E-state index contributed by atoms with van der Waals surface area (Å²) in [6, 6.07) is 8.35. The first-order valence-electron chi connectivity index (χ1n) is 3.74. The molecule has 0 aromatic heterocycles. The molecule has 5 nitrogen and oxygen atoms in total. The van der Waals surface area contributed by atoms with E-state index in [-0.39, 0.29) is 0 Å². The average Bonchev–Trinajstić information content (AvgIpc) is 2.14. The van der Waals surface area contributed by atoms with Gasteiger partial charge in [-0.2, -0.15) is 5.26 Å². The van der Waals surface area contributed by atoms with Crippen LogP contribution < -0.4 is 10.3 Å². The molecule has 0 amide bonds. The quantitative estimate of drug-likeness (QED) is 0.710. The van der Waals surface area contributed by atoms with Gasteiger partial charge in [-0.25, -0.2) is 8.42 Å². The van der Waals surface area contributed by atoms with Crippen LogP contribution in [0.25, 0.3) is 0 Å². The Morgan fingerprint density at radius 2 is 1.86 bits per heavy atom. The van der Waals surface area contributed by atoms with Crippen molar-refractivity contribution in [1.82, 2.24) is 4.83 Å². The van der Waals surface area contributed by atoms with E-state index in [9.17, 15) is 8.42 Å². The van der Waals surface area contributed by atoms with Gasteiger partial charge in [-0.05, 0) is 24.3 Å².